The predicted molar refractivity (Wildman–Crippen MR) is 110 cm³/mol. The van der Waals surface area contributed by atoms with Crippen molar-refractivity contribution in [3.8, 4) is 0 Å². The summed E-state index contributed by atoms with van der Waals surface area (Å²) < 4.78 is 0. The summed E-state index contributed by atoms with van der Waals surface area (Å²) in [5, 5.41) is 0. The molecule has 0 unspecified atom stereocenters. The van der Waals surface area contributed by atoms with Crippen molar-refractivity contribution in [2.45, 2.75) is 57.5 Å². The molecule has 28 heavy (non-hydrogen) atoms. The Balaban J connectivity index is 1.35. The Hall–Kier alpha value is -1.88. The van der Waals surface area contributed by atoms with E-state index in [1.807, 2.05) is 28.0 Å². The van der Waals surface area contributed by atoms with E-state index in [0.717, 1.165) is 58.3 Å². The largest absolute Gasteiger partial charge is 0.341 e. The molecule has 2 amide bonds. The maximum atomic E-state index is 13.2. The van der Waals surface area contributed by atoms with Crippen molar-refractivity contribution in [1.29, 1.82) is 0 Å². The average Bonchev–Trinajstić information content (AvgIpc) is 2.88. The van der Waals surface area contributed by atoms with Gasteiger partial charge in [0.15, 0.2) is 0 Å². The Morgan fingerprint density at radius 1 is 1.00 bits per heavy atom. The van der Waals surface area contributed by atoms with Gasteiger partial charge in [-0.25, -0.2) is 0 Å². The lowest BCUT2D eigenvalue weighted by Crippen LogP contribution is -2.52. The number of carbonyl (C=O) groups is 2. The van der Waals surface area contributed by atoms with Crippen LogP contribution < -0.4 is 0 Å². The van der Waals surface area contributed by atoms with E-state index in [1.54, 1.807) is 0 Å². The van der Waals surface area contributed by atoms with Crippen LogP contribution in [0.15, 0.2) is 30.3 Å². The number of piperidine rings is 1. The van der Waals surface area contributed by atoms with Crippen LogP contribution in [0, 0.1) is 5.41 Å². The van der Waals surface area contributed by atoms with E-state index in [1.165, 1.54) is 18.4 Å². The first kappa shape index (κ1) is 19.4. The van der Waals surface area contributed by atoms with Gasteiger partial charge in [0, 0.05) is 26.2 Å². The van der Waals surface area contributed by atoms with E-state index >= 15 is 0 Å². The topological polar surface area (TPSA) is 43.9 Å². The SMILES string of the molecule is CN1CCCCC[C@@H]1C(=O)N1CCC2(CC1)CCN(Cc1ccccc1)C2=O. The molecule has 0 aromatic heterocycles. The number of nitrogens with zero attached hydrogens (tertiary/aromatic N) is 3. The summed E-state index contributed by atoms with van der Waals surface area (Å²) >= 11 is 0. The van der Waals surface area contributed by atoms with Crippen molar-refractivity contribution in [3.63, 3.8) is 0 Å². The summed E-state index contributed by atoms with van der Waals surface area (Å²) in [5.41, 5.74) is 0.956. The fourth-order valence-electron chi connectivity index (χ4n) is 5.24. The third kappa shape index (κ3) is 3.82. The number of likely N-dealkylation sites (N-methyl/N-ethyl adjacent to an activating group) is 1. The van der Waals surface area contributed by atoms with Crippen molar-refractivity contribution in [1.82, 2.24) is 14.7 Å². The lowest BCUT2D eigenvalue weighted by atomic mass is 9.77. The summed E-state index contributed by atoms with van der Waals surface area (Å²) in [7, 11) is 2.08. The quantitative estimate of drug-likeness (QED) is 0.806. The van der Waals surface area contributed by atoms with Crippen molar-refractivity contribution >= 4 is 11.8 Å². The van der Waals surface area contributed by atoms with Gasteiger partial charge < -0.3 is 9.80 Å². The number of hydrogen-bond donors (Lipinski definition) is 0. The normalized spacial score (nSPS) is 25.9. The molecule has 0 N–H and O–H groups in total. The second kappa shape index (κ2) is 8.24. The van der Waals surface area contributed by atoms with E-state index < -0.39 is 0 Å². The smallest absolute Gasteiger partial charge is 0.239 e. The molecular formula is C23H33N3O2. The number of rotatable bonds is 3. The molecule has 3 fully saturated rings. The van der Waals surface area contributed by atoms with Crippen LogP contribution in [0.2, 0.25) is 0 Å². The number of amides is 2. The van der Waals surface area contributed by atoms with Gasteiger partial charge in [-0.3, -0.25) is 14.5 Å². The van der Waals surface area contributed by atoms with Gasteiger partial charge in [0.2, 0.25) is 11.8 Å². The number of likely N-dealkylation sites (tertiary alicyclic amines) is 3. The number of hydrogen-bond acceptors (Lipinski definition) is 3. The Bertz CT molecular complexity index is 697. The molecule has 1 spiro atoms. The minimum absolute atomic E-state index is 0.0328. The van der Waals surface area contributed by atoms with Crippen molar-refractivity contribution in [2.75, 3.05) is 33.2 Å². The number of benzene rings is 1. The van der Waals surface area contributed by atoms with Gasteiger partial charge >= 0.3 is 0 Å². The summed E-state index contributed by atoms with van der Waals surface area (Å²) in [6.45, 7) is 4.02. The fraction of sp³-hybridized carbons (Fsp3) is 0.652. The van der Waals surface area contributed by atoms with Crippen LogP contribution in [-0.4, -0.2) is 65.8 Å². The highest BCUT2D eigenvalue weighted by atomic mass is 16.2. The van der Waals surface area contributed by atoms with Crippen LogP contribution in [0.25, 0.3) is 0 Å². The zero-order valence-corrected chi connectivity index (χ0v) is 17.1. The molecule has 1 atom stereocenters. The van der Waals surface area contributed by atoms with E-state index in [9.17, 15) is 9.59 Å². The van der Waals surface area contributed by atoms with Crippen LogP contribution in [0.3, 0.4) is 0 Å². The molecule has 3 aliphatic heterocycles. The van der Waals surface area contributed by atoms with Crippen molar-refractivity contribution < 1.29 is 9.59 Å². The van der Waals surface area contributed by atoms with E-state index in [2.05, 4.69) is 24.1 Å². The maximum Gasteiger partial charge on any atom is 0.239 e. The molecule has 3 aliphatic rings. The first-order chi connectivity index (χ1) is 13.6. The third-order valence-electron chi connectivity index (χ3n) is 7.16. The highest BCUT2D eigenvalue weighted by Gasteiger charge is 2.48. The molecule has 0 aliphatic carbocycles. The predicted octanol–water partition coefficient (Wildman–Crippen LogP) is 2.90. The van der Waals surface area contributed by atoms with Gasteiger partial charge in [-0.2, -0.15) is 0 Å². The molecule has 0 radical (unpaired) electrons. The summed E-state index contributed by atoms with van der Waals surface area (Å²) in [6, 6.07) is 10.3. The molecule has 0 bridgehead atoms. The molecule has 5 heteroatoms. The molecule has 3 saturated heterocycles. The second-order valence-electron chi connectivity index (χ2n) is 8.91. The van der Waals surface area contributed by atoms with Crippen LogP contribution in [-0.2, 0) is 16.1 Å². The Morgan fingerprint density at radius 2 is 1.71 bits per heavy atom. The zero-order valence-electron chi connectivity index (χ0n) is 17.1. The summed E-state index contributed by atoms with van der Waals surface area (Å²) in [4.78, 5) is 32.6. The Morgan fingerprint density at radius 3 is 2.46 bits per heavy atom. The van der Waals surface area contributed by atoms with Gasteiger partial charge in [0.1, 0.15) is 0 Å². The van der Waals surface area contributed by atoms with Crippen molar-refractivity contribution in [2.24, 2.45) is 5.41 Å². The maximum absolute atomic E-state index is 13.2. The molecular weight excluding hydrogens is 350 g/mol. The highest BCUT2D eigenvalue weighted by molar-refractivity contribution is 5.86. The standard InChI is InChI=1S/C23H33N3O2/c1-24-14-7-3-6-10-20(24)21(27)25-15-11-23(12-16-25)13-17-26(22(23)28)18-19-8-4-2-5-9-19/h2,4-5,8-9,20H,3,6-7,10-18H2,1H3/t20-/m1/s1. The molecule has 5 nitrogen and oxygen atoms in total. The Labute approximate surface area is 168 Å². The Kier molecular flexibility index (Phi) is 5.72. The monoisotopic (exact) mass is 383 g/mol. The molecule has 3 heterocycles. The van der Waals surface area contributed by atoms with Crippen LogP contribution in [0.1, 0.15) is 50.5 Å². The first-order valence-corrected chi connectivity index (χ1v) is 10.9. The summed E-state index contributed by atoms with van der Waals surface area (Å²) in [6.07, 6.45) is 7.10. The second-order valence-corrected chi connectivity index (χ2v) is 8.91. The number of carbonyl (C=O) groups excluding carboxylic acids is 2. The fourth-order valence-corrected chi connectivity index (χ4v) is 5.24. The van der Waals surface area contributed by atoms with Gasteiger partial charge in [0.05, 0.1) is 11.5 Å². The lowest BCUT2D eigenvalue weighted by molar-refractivity contribution is -0.145. The van der Waals surface area contributed by atoms with E-state index in [-0.39, 0.29) is 17.4 Å². The first-order valence-electron chi connectivity index (χ1n) is 10.9. The van der Waals surface area contributed by atoms with Crippen LogP contribution in [0.5, 0.6) is 0 Å². The minimum atomic E-state index is -0.235. The third-order valence-corrected chi connectivity index (χ3v) is 7.16. The highest BCUT2D eigenvalue weighted by Crippen LogP contribution is 2.42. The lowest BCUT2D eigenvalue weighted by Gasteiger charge is -2.40. The zero-order chi connectivity index (χ0) is 19.6. The van der Waals surface area contributed by atoms with E-state index in [4.69, 9.17) is 0 Å². The molecule has 152 valence electrons. The molecule has 1 aromatic rings. The van der Waals surface area contributed by atoms with Gasteiger partial charge in [-0.15, -0.1) is 0 Å². The average molecular weight is 384 g/mol. The van der Waals surface area contributed by atoms with Crippen LogP contribution >= 0.6 is 0 Å². The van der Waals surface area contributed by atoms with Gasteiger partial charge in [-0.05, 0) is 51.3 Å². The summed E-state index contributed by atoms with van der Waals surface area (Å²) in [5.74, 6) is 0.584. The van der Waals surface area contributed by atoms with Gasteiger partial charge in [-0.1, -0.05) is 43.2 Å². The van der Waals surface area contributed by atoms with Crippen LogP contribution in [0.4, 0.5) is 0 Å². The minimum Gasteiger partial charge on any atom is -0.341 e. The van der Waals surface area contributed by atoms with Gasteiger partial charge in [0.25, 0.3) is 0 Å². The molecule has 1 aromatic carbocycles. The molecule has 4 rings (SSSR count). The molecule has 0 saturated carbocycles. The van der Waals surface area contributed by atoms with E-state index in [0.29, 0.717) is 12.5 Å². The van der Waals surface area contributed by atoms with Crippen molar-refractivity contribution in [3.05, 3.63) is 35.9 Å².